The van der Waals surface area contributed by atoms with Crippen LogP contribution < -0.4 is 0 Å². The summed E-state index contributed by atoms with van der Waals surface area (Å²) in [5.41, 5.74) is -1.01. The Morgan fingerprint density at radius 2 is 1.12 bits per heavy atom. The van der Waals surface area contributed by atoms with E-state index >= 15 is 0 Å². The highest BCUT2D eigenvalue weighted by Gasteiger charge is 2.57. The average molecular weight is 463 g/mol. The summed E-state index contributed by atoms with van der Waals surface area (Å²) in [4.78, 5) is 24.3. The molecule has 5 aliphatic carbocycles. The Labute approximate surface area is 202 Å². The first-order chi connectivity index (χ1) is 15.2. The van der Waals surface area contributed by atoms with Crippen LogP contribution in [0.3, 0.4) is 0 Å². The summed E-state index contributed by atoms with van der Waals surface area (Å²) in [5.74, 6) is 3.08. The van der Waals surface area contributed by atoms with Gasteiger partial charge in [0.25, 0.3) is 0 Å². The van der Waals surface area contributed by atoms with E-state index in [1.54, 1.807) is 0 Å². The van der Waals surface area contributed by atoms with Gasteiger partial charge in [0.1, 0.15) is 11.2 Å². The summed E-state index contributed by atoms with van der Waals surface area (Å²) in [7, 11) is 0. The van der Waals surface area contributed by atoms with Crippen molar-refractivity contribution >= 4 is 11.9 Å². The van der Waals surface area contributed by atoms with Gasteiger partial charge in [-0.1, -0.05) is 13.8 Å². The van der Waals surface area contributed by atoms with Gasteiger partial charge in [-0.25, -0.2) is 0 Å². The van der Waals surface area contributed by atoms with E-state index in [1.165, 1.54) is 44.9 Å². The summed E-state index contributed by atoms with van der Waals surface area (Å²) in [6.07, 6.45) is 12.7. The van der Waals surface area contributed by atoms with Crippen LogP contribution in [0.2, 0.25) is 0 Å². The molecule has 5 fully saturated rings. The van der Waals surface area contributed by atoms with Gasteiger partial charge in [0.2, 0.25) is 0 Å². The van der Waals surface area contributed by atoms with Crippen LogP contribution in [0.4, 0.5) is 0 Å². The Morgan fingerprint density at radius 1 is 0.727 bits per heavy atom. The number of ether oxygens (including phenoxy) is 2. The van der Waals surface area contributed by atoms with Crippen molar-refractivity contribution in [1.82, 2.24) is 0 Å². The van der Waals surface area contributed by atoms with Crippen molar-refractivity contribution in [2.75, 3.05) is 0 Å². The molecule has 0 aromatic carbocycles. The van der Waals surface area contributed by atoms with Gasteiger partial charge in [-0.3, -0.25) is 9.59 Å². The highest BCUT2D eigenvalue weighted by molar-refractivity contribution is 5.76. The van der Waals surface area contributed by atoms with Gasteiger partial charge < -0.3 is 9.47 Å². The summed E-state index contributed by atoms with van der Waals surface area (Å²) in [6.45, 7) is 16.3. The fourth-order valence-corrected chi connectivity index (χ4v) is 6.50. The molecular weight excluding hydrogens is 412 g/mol. The highest BCUT2D eigenvalue weighted by atomic mass is 16.6. The number of esters is 2. The number of hydrogen-bond acceptors (Lipinski definition) is 4. The van der Waals surface area contributed by atoms with Crippen LogP contribution in [0.5, 0.6) is 0 Å². The first kappa shape index (κ1) is 26.5. The summed E-state index contributed by atoms with van der Waals surface area (Å²) in [6, 6.07) is 0. The zero-order valence-electron chi connectivity index (χ0n) is 22.7. The lowest BCUT2D eigenvalue weighted by Crippen LogP contribution is -2.58. The summed E-state index contributed by atoms with van der Waals surface area (Å²) in [5, 5.41) is 0. The second-order valence-electron chi connectivity index (χ2n) is 13.4. The van der Waals surface area contributed by atoms with Crippen LogP contribution in [0.15, 0.2) is 0 Å². The molecule has 0 radical (unpaired) electrons. The molecule has 5 saturated carbocycles. The van der Waals surface area contributed by atoms with Gasteiger partial charge in [-0.15, -0.1) is 0 Å². The first-order valence-corrected chi connectivity index (χ1v) is 13.7. The maximum absolute atomic E-state index is 12.5. The average Bonchev–Trinajstić information content (AvgIpc) is 3.18. The number of carbonyl (C=O) groups excluding carboxylic acids is 2. The Balaban J connectivity index is 0.000000196. The Morgan fingerprint density at radius 3 is 1.52 bits per heavy atom. The number of carbonyl (C=O) groups is 2. The Bertz CT molecular complexity index is 685. The van der Waals surface area contributed by atoms with Crippen molar-refractivity contribution in [2.45, 2.75) is 137 Å². The van der Waals surface area contributed by atoms with Gasteiger partial charge in [0.15, 0.2) is 0 Å². The molecule has 0 amide bonds. The maximum atomic E-state index is 12.5. The monoisotopic (exact) mass is 462 g/mol. The van der Waals surface area contributed by atoms with E-state index in [1.807, 2.05) is 34.6 Å². The lowest BCUT2D eigenvalue weighted by Gasteiger charge is -2.59. The van der Waals surface area contributed by atoms with Crippen LogP contribution in [-0.2, 0) is 19.1 Å². The van der Waals surface area contributed by atoms with Gasteiger partial charge >= 0.3 is 11.9 Å². The second kappa shape index (κ2) is 9.53. The fourth-order valence-electron chi connectivity index (χ4n) is 6.50. The van der Waals surface area contributed by atoms with Crippen molar-refractivity contribution < 1.29 is 19.1 Å². The van der Waals surface area contributed by atoms with Gasteiger partial charge in [0, 0.05) is 0 Å². The zero-order chi connectivity index (χ0) is 24.7. The van der Waals surface area contributed by atoms with Crippen LogP contribution in [0, 0.1) is 34.5 Å². The van der Waals surface area contributed by atoms with Crippen LogP contribution in [0.25, 0.3) is 0 Å². The molecule has 0 aromatic heterocycles. The standard InChI is InChI=1S/C17H28O2.C12H22O2/c1-5-16(2,3)15(18)19-17(4)13-7-11-6-12(9-13)10-14(17)8-11;1-5-11(2,3)10(13)14-12(4)8-6-7-9-12/h11-14H,5-10H2,1-4H3;5-9H2,1-4H3. The quantitative estimate of drug-likeness (QED) is 0.384. The molecule has 4 heteroatoms. The van der Waals surface area contributed by atoms with Crippen LogP contribution >= 0.6 is 0 Å². The molecule has 0 aliphatic heterocycles. The van der Waals surface area contributed by atoms with E-state index in [4.69, 9.17) is 9.47 Å². The highest BCUT2D eigenvalue weighted by Crippen LogP contribution is 2.59. The van der Waals surface area contributed by atoms with Crippen LogP contribution in [-0.4, -0.2) is 23.1 Å². The van der Waals surface area contributed by atoms with Crippen molar-refractivity contribution in [3.05, 3.63) is 0 Å². The molecule has 0 heterocycles. The minimum atomic E-state index is -0.336. The molecule has 4 nitrogen and oxygen atoms in total. The molecule has 4 bridgehead atoms. The number of rotatable bonds is 6. The predicted molar refractivity (Wildman–Crippen MR) is 133 cm³/mol. The van der Waals surface area contributed by atoms with Crippen molar-refractivity contribution in [2.24, 2.45) is 34.5 Å². The zero-order valence-corrected chi connectivity index (χ0v) is 22.7. The van der Waals surface area contributed by atoms with Gasteiger partial charge in [-0.05, 0) is 136 Å². The van der Waals surface area contributed by atoms with E-state index in [0.29, 0.717) is 11.8 Å². The van der Waals surface area contributed by atoms with E-state index < -0.39 is 0 Å². The summed E-state index contributed by atoms with van der Waals surface area (Å²) < 4.78 is 11.7. The molecule has 5 aliphatic rings. The second-order valence-corrected chi connectivity index (χ2v) is 13.4. The molecule has 0 aromatic rings. The Kier molecular flexibility index (Phi) is 7.67. The lowest BCUT2D eigenvalue weighted by atomic mass is 9.50. The lowest BCUT2D eigenvalue weighted by molar-refractivity contribution is -0.211. The third-order valence-electron chi connectivity index (χ3n) is 9.95. The predicted octanol–water partition coefficient (Wildman–Crippen LogP) is 7.48. The molecule has 0 saturated heterocycles. The molecule has 0 atom stereocenters. The number of hydrogen-bond donors (Lipinski definition) is 0. The largest absolute Gasteiger partial charge is 0.459 e. The molecular formula is C29H50O4. The third-order valence-corrected chi connectivity index (χ3v) is 9.95. The normalized spacial score (nSPS) is 34.4. The smallest absolute Gasteiger partial charge is 0.312 e. The van der Waals surface area contributed by atoms with Crippen molar-refractivity contribution in [1.29, 1.82) is 0 Å². The van der Waals surface area contributed by atoms with Crippen LogP contribution in [0.1, 0.15) is 126 Å². The molecule has 0 unspecified atom stereocenters. The molecule has 0 N–H and O–H groups in total. The maximum Gasteiger partial charge on any atom is 0.312 e. The minimum absolute atomic E-state index is 0.0185. The van der Waals surface area contributed by atoms with Gasteiger partial charge in [0.05, 0.1) is 10.8 Å². The Hall–Kier alpha value is -1.06. The third kappa shape index (κ3) is 5.61. The fraction of sp³-hybridized carbons (Fsp3) is 0.931. The molecule has 0 spiro atoms. The van der Waals surface area contributed by atoms with Crippen molar-refractivity contribution in [3.8, 4) is 0 Å². The minimum Gasteiger partial charge on any atom is -0.459 e. The van der Waals surface area contributed by atoms with Crippen molar-refractivity contribution in [3.63, 3.8) is 0 Å². The SMILES string of the molecule is CCC(C)(C)C(=O)OC1(C)C2CC3CC(C2)CC1C3.CCC(C)(C)C(=O)OC1(C)CCCC1. The van der Waals surface area contributed by atoms with E-state index in [9.17, 15) is 9.59 Å². The first-order valence-electron chi connectivity index (χ1n) is 13.7. The van der Waals surface area contributed by atoms with E-state index in [2.05, 4.69) is 20.8 Å². The van der Waals surface area contributed by atoms with E-state index in [-0.39, 0.29) is 34.0 Å². The topological polar surface area (TPSA) is 52.6 Å². The van der Waals surface area contributed by atoms with Gasteiger partial charge in [-0.2, -0.15) is 0 Å². The molecule has 190 valence electrons. The van der Waals surface area contributed by atoms with E-state index in [0.717, 1.165) is 37.5 Å². The molecule has 33 heavy (non-hydrogen) atoms. The summed E-state index contributed by atoms with van der Waals surface area (Å²) >= 11 is 0. The molecule has 5 rings (SSSR count).